The minimum Gasteiger partial charge on any atom is -0.494 e. The predicted molar refractivity (Wildman–Crippen MR) is 89.5 cm³/mol. The van der Waals surface area contributed by atoms with Crippen molar-refractivity contribution in [3.05, 3.63) is 29.8 Å². The summed E-state index contributed by atoms with van der Waals surface area (Å²) < 4.78 is 5.78. The van der Waals surface area contributed by atoms with Crippen LogP contribution in [0, 0.1) is 0 Å². The van der Waals surface area contributed by atoms with Crippen LogP contribution in [0.5, 0.6) is 5.75 Å². The van der Waals surface area contributed by atoms with E-state index in [2.05, 4.69) is 25.1 Å². The minimum absolute atomic E-state index is 0.562. The Kier molecular flexibility index (Phi) is 8.74. The van der Waals surface area contributed by atoms with Crippen LogP contribution in [0.2, 0.25) is 0 Å². The summed E-state index contributed by atoms with van der Waals surface area (Å²) in [5, 5.41) is 0. The van der Waals surface area contributed by atoms with Gasteiger partial charge in [0.15, 0.2) is 0 Å². The second-order valence-corrected chi connectivity index (χ2v) is 5.96. The van der Waals surface area contributed by atoms with Crippen LogP contribution in [0.4, 0.5) is 0 Å². The van der Waals surface area contributed by atoms with Crippen LogP contribution in [0.1, 0.15) is 25.3 Å². The van der Waals surface area contributed by atoms with Crippen molar-refractivity contribution in [2.24, 2.45) is 5.73 Å². The molecule has 4 heteroatoms. The topological polar surface area (TPSA) is 38.5 Å². The molecule has 0 spiro atoms. The molecule has 0 aliphatic carbocycles. The summed E-state index contributed by atoms with van der Waals surface area (Å²) >= 11 is 1.92. The fourth-order valence-electron chi connectivity index (χ4n) is 2.20. The van der Waals surface area contributed by atoms with Crippen molar-refractivity contribution in [1.82, 2.24) is 4.90 Å². The molecule has 20 heavy (non-hydrogen) atoms. The molecule has 0 amide bonds. The van der Waals surface area contributed by atoms with Gasteiger partial charge < -0.3 is 15.4 Å². The van der Waals surface area contributed by atoms with Crippen LogP contribution in [0.15, 0.2) is 24.3 Å². The molecule has 0 radical (unpaired) electrons. The van der Waals surface area contributed by atoms with E-state index in [1.165, 1.54) is 12.2 Å². The number of hydrogen-bond acceptors (Lipinski definition) is 4. The molecule has 0 fully saturated rings. The van der Waals surface area contributed by atoms with Gasteiger partial charge in [0.1, 0.15) is 5.75 Å². The molecule has 1 aromatic rings. The molecule has 1 aromatic carbocycles. The summed E-state index contributed by atoms with van der Waals surface area (Å²) in [5.74, 6) is 2.12. The van der Waals surface area contributed by atoms with Crippen molar-refractivity contribution in [1.29, 1.82) is 0 Å². The van der Waals surface area contributed by atoms with E-state index in [0.29, 0.717) is 12.6 Å². The highest BCUT2D eigenvalue weighted by atomic mass is 32.2. The van der Waals surface area contributed by atoms with E-state index < -0.39 is 0 Å². The Morgan fingerprint density at radius 1 is 1.40 bits per heavy atom. The molecule has 0 saturated heterocycles. The number of thioether (sulfide) groups is 1. The molecule has 0 heterocycles. The number of nitrogens with two attached hydrogens (primary N) is 1. The maximum atomic E-state index is 5.78. The Morgan fingerprint density at radius 3 is 2.85 bits per heavy atom. The lowest BCUT2D eigenvalue weighted by Crippen LogP contribution is -2.34. The first kappa shape index (κ1) is 17.3. The number of hydrogen-bond donors (Lipinski definition) is 1. The molecule has 114 valence electrons. The van der Waals surface area contributed by atoms with E-state index in [9.17, 15) is 0 Å². The van der Waals surface area contributed by atoms with Gasteiger partial charge in [-0.1, -0.05) is 19.1 Å². The summed E-state index contributed by atoms with van der Waals surface area (Å²) in [6, 6.07) is 8.70. The van der Waals surface area contributed by atoms with Crippen molar-refractivity contribution >= 4 is 11.8 Å². The largest absolute Gasteiger partial charge is 0.494 e. The molecule has 0 aliphatic rings. The SMILES string of the molecule is CCC(CSC)N(C)CCCOc1cccc(CN)c1. The van der Waals surface area contributed by atoms with E-state index in [-0.39, 0.29) is 0 Å². The Balaban J connectivity index is 2.26. The highest BCUT2D eigenvalue weighted by Crippen LogP contribution is 2.13. The van der Waals surface area contributed by atoms with Gasteiger partial charge in [-0.25, -0.2) is 0 Å². The van der Waals surface area contributed by atoms with E-state index in [0.717, 1.165) is 30.9 Å². The molecule has 2 N–H and O–H groups in total. The standard InChI is InChI=1S/C16H28N2OS/c1-4-15(13-20-3)18(2)9-6-10-19-16-8-5-7-14(11-16)12-17/h5,7-8,11,15H,4,6,9-10,12-13,17H2,1-3H3. The van der Waals surface area contributed by atoms with Crippen molar-refractivity contribution in [2.45, 2.75) is 32.4 Å². The Morgan fingerprint density at radius 2 is 2.20 bits per heavy atom. The lowest BCUT2D eigenvalue weighted by Gasteiger charge is -2.26. The third-order valence-corrected chi connectivity index (χ3v) is 4.23. The van der Waals surface area contributed by atoms with Gasteiger partial charge in [0.05, 0.1) is 6.61 Å². The number of benzene rings is 1. The second kappa shape index (κ2) is 10.1. The van der Waals surface area contributed by atoms with Gasteiger partial charge in [-0.15, -0.1) is 0 Å². The van der Waals surface area contributed by atoms with Crippen molar-refractivity contribution < 1.29 is 4.74 Å². The van der Waals surface area contributed by atoms with E-state index in [4.69, 9.17) is 10.5 Å². The van der Waals surface area contributed by atoms with Crippen LogP contribution in [-0.4, -0.2) is 43.1 Å². The highest BCUT2D eigenvalue weighted by Gasteiger charge is 2.11. The molecular formula is C16H28N2OS. The first-order valence-electron chi connectivity index (χ1n) is 7.32. The van der Waals surface area contributed by atoms with Crippen molar-refractivity contribution in [2.75, 3.05) is 32.2 Å². The van der Waals surface area contributed by atoms with Gasteiger partial charge in [-0.2, -0.15) is 11.8 Å². The zero-order valence-electron chi connectivity index (χ0n) is 13.0. The third kappa shape index (κ3) is 6.16. The molecule has 1 atom stereocenters. The fourth-order valence-corrected chi connectivity index (χ4v) is 3.07. The van der Waals surface area contributed by atoms with Crippen LogP contribution >= 0.6 is 11.8 Å². The highest BCUT2D eigenvalue weighted by molar-refractivity contribution is 7.98. The summed E-state index contributed by atoms with van der Waals surface area (Å²) in [6.45, 7) is 4.66. The smallest absolute Gasteiger partial charge is 0.119 e. The van der Waals surface area contributed by atoms with Crippen LogP contribution < -0.4 is 10.5 Å². The van der Waals surface area contributed by atoms with Crippen molar-refractivity contribution in [3.63, 3.8) is 0 Å². The number of rotatable bonds is 10. The summed E-state index contributed by atoms with van der Waals surface area (Å²) in [5.41, 5.74) is 6.74. The second-order valence-electron chi connectivity index (χ2n) is 5.05. The van der Waals surface area contributed by atoms with Gasteiger partial charge in [-0.3, -0.25) is 0 Å². The Hall–Kier alpha value is -0.710. The van der Waals surface area contributed by atoms with Crippen molar-refractivity contribution in [3.8, 4) is 5.75 Å². The summed E-state index contributed by atoms with van der Waals surface area (Å²) in [6.07, 6.45) is 4.43. The predicted octanol–water partition coefficient (Wildman–Crippen LogP) is 2.99. The molecular weight excluding hydrogens is 268 g/mol. The lowest BCUT2D eigenvalue weighted by molar-refractivity contribution is 0.223. The molecule has 0 bridgehead atoms. The normalized spacial score (nSPS) is 12.7. The maximum Gasteiger partial charge on any atom is 0.119 e. The summed E-state index contributed by atoms with van der Waals surface area (Å²) in [4.78, 5) is 2.44. The van der Waals surface area contributed by atoms with E-state index in [1.807, 2.05) is 36.0 Å². The average Bonchev–Trinajstić information content (AvgIpc) is 2.49. The van der Waals surface area contributed by atoms with E-state index >= 15 is 0 Å². The van der Waals surface area contributed by atoms with Gasteiger partial charge in [-0.05, 0) is 43.8 Å². The summed E-state index contributed by atoms with van der Waals surface area (Å²) in [7, 11) is 2.21. The number of nitrogens with zero attached hydrogens (tertiary/aromatic N) is 1. The lowest BCUT2D eigenvalue weighted by atomic mass is 10.2. The molecule has 0 aromatic heterocycles. The van der Waals surface area contributed by atoms with Gasteiger partial charge in [0.25, 0.3) is 0 Å². The molecule has 1 rings (SSSR count). The first-order chi connectivity index (χ1) is 9.71. The monoisotopic (exact) mass is 296 g/mol. The van der Waals surface area contributed by atoms with Gasteiger partial charge >= 0.3 is 0 Å². The quantitative estimate of drug-likeness (QED) is 0.674. The Labute approximate surface area is 127 Å². The maximum absolute atomic E-state index is 5.78. The number of ether oxygens (including phenoxy) is 1. The molecule has 1 unspecified atom stereocenters. The minimum atomic E-state index is 0.562. The average molecular weight is 296 g/mol. The van der Waals surface area contributed by atoms with Crippen LogP contribution in [0.3, 0.4) is 0 Å². The Bertz CT molecular complexity index is 373. The zero-order valence-corrected chi connectivity index (χ0v) is 13.8. The first-order valence-corrected chi connectivity index (χ1v) is 8.71. The molecule has 0 saturated carbocycles. The molecule has 0 aliphatic heterocycles. The van der Waals surface area contributed by atoms with Crippen LogP contribution in [-0.2, 0) is 6.54 Å². The van der Waals surface area contributed by atoms with Gasteiger partial charge in [0, 0.05) is 24.9 Å². The molecule has 3 nitrogen and oxygen atoms in total. The zero-order chi connectivity index (χ0) is 14.8. The van der Waals surface area contributed by atoms with Crippen LogP contribution in [0.25, 0.3) is 0 Å². The third-order valence-electron chi connectivity index (χ3n) is 3.51. The van der Waals surface area contributed by atoms with E-state index in [1.54, 1.807) is 0 Å². The fraction of sp³-hybridized carbons (Fsp3) is 0.625. The van der Waals surface area contributed by atoms with Gasteiger partial charge in [0.2, 0.25) is 0 Å².